The molecule has 0 saturated heterocycles. The normalized spacial score (nSPS) is 11.8. The summed E-state index contributed by atoms with van der Waals surface area (Å²) in [4.78, 5) is 32.7. The molecule has 0 radical (unpaired) electrons. The number of nitro groups is 1. The van der Waals surface area contributed by atoms with Gasteiger partial charge in [0, 0.05) is 23.6 Å². The van der Waals surface area contributed by atoms with Gasteiger partial charge in [-0.15, -0.1) is 11.8 Å². The Kier molecular flexibility index (Phi) is 5.98. The van der Waals surface area contributed by atoms with Gasteiger partial charge < -0.3 is 10.4 Å². The van der Waals surface area contributed by atoms with Gasteiger partial charge in [0.05, 0.1) is 4.92 Å². The lowest BCUT2D eigenvalue weighted by Gasteiger charge is -2.13. The first kappa shape index (κ1) is 17.3. The summed E-state index contributed by atoms with van der Waals surface area (Å²) in [5.74, 6) is -1.51. The van der Waals surface area contributed by atoms with Crippen LogP contribution in [-0.2, 0) is 9.59 Å². The van der Waals surface area contributed by atoms with Gasteiger partial charge in [0.2, 0.25) is 5.91 Å². The van der Waals surface area contributed by atoms with Gasteiger partial charge in [0.15, 0.2) is 0 Å². The smallest absolute Gasteiger partial charge is 0.327 e. The monoisotopic (exact) mass is 332 g/mol. The van der Waals surface area contributed by atoms with Crippen LogP contribution in [0.3, 0.4) is 0 Å². The van der Waals surface area contributed by atoms with Gasteiger partial charge in [-0.1, -0.05) is 11.6 Å². The van der Waals surface area contributed by atoms with Crippen molar-refractivity contribution in [3.05, 3.63) is 32.8 Å². The number of halogens is 1. The minimum Gasteiger partial charge on any atom is -0.480 e. The average molecular weight is 333 g/mol. The highest BCUT2D eigenvalue weighted by atomic mass is 35.5. The second-order valence-corrected chi connectivity index (χ2v) is 5.70. The van der Waals surface area contributed by atoms with Crippen molar-refractivity contribution in [1.82, 2.24) is 5.32 Å². The Hall–Kier alpha value is -1.80. The molecule has 0 bridgehead atoms. The fourth-order valence-corrected chi connectivity index (χ4v) is 2.89. The van der Waals surface area contributed by atoms with E-state index in [0.717, 1.165) is 11.8 Å². The van der Waals surface area contributed by atoms with Crippen molar-refractivity contribution in [3.8, 4) is 0 Å². The Bertz CT molecular complexity index is 593. The van der Waals surface area contributed by atoms with Gasteiger partial charge in [0.1, 0.15) is 11.1 Å². The van der Waals surface area contributed by atoms with E-state index in [4.69, 9.17) is 16.7 Å². The number of nitrogens with zero attached hydrogens (tertiary/aromatic N) is 1. The zero-order chi connectivity index (χ0) is 16.2. The Morgan fingerprint density at radius 1 is 1.52 bits per heavy atom. The number of nitro benzene ring substituents is 1. The van der Waals surface area contributed by atoms with Crippen molar-refractivity contribution in [1.29, 1.82) is 0 Å². The average Bonchev–Trinajstić information content (AvgIpc) is 2.36. The predicted octanol–water partition coefficient (Wildman–Crippen LogP) is 2.24. The third-order valence-electron chi connectivity index (χ3n) is 2.52. The summed E-state index contributed by atoms with van der Waals surface area (Å²) in [5.41, 5.74) is 0.415. The largest absolute Gasteiger partial charge is 0.480 e. The summed E-state index contributed by atoms with van der Waals surface area (Å²) in [5, 5.41) is 22.0. The van der Waals surface area contributed by atoms with E-state index in [9.17, 15) is 19.7 Å². The second-order valence-electron chi connectivity index (χ2n) is 4.23. The molecule has 21 heavy (non-hydrogen) atoms. The van der Waals surface area contributed by atoms with Crippen molar-refractivity contribution in [2.24, 2.45) is 0 Å². The first-order valence-electron chi connectivity index (χ1n) is 5.79. The van der Waals surface area contributed by atoms with Gasteiger partial charge in [-0.05, 0) is 18.6 Å². The molecule has 1 aromatic rings. The van der Waals surface area contributed by atoms with Crippen molar-refractivity contribution in [2.75, 3.05) is 5.75 Å². The summed E-state index contributed by atoms with van der Waals surface area (Å²) in [6, 6.07) is 1.71. The number of nitrogens with one attached hydrogen (secondary N) is 1. The second kappa shape index (κ2) is 7.28. The summed E-state index contributed by atoms with van der Waals surface area (Å²) in [6.07, 6.45) is 0. The Labute approximate surface area is 129 Å². The van der Waals surface area contributed by atoms with E-state index in [2.05, 4.69) is 5.32 Å². The lowest BCUT2D eigenvalue weighted by molar-refractivity contribution is -0.384. The number of carbonyl (C=O) groups excluding carboxylic acids is 1. The topological polar surface area (TPSA) is 110 Å². The first-order valence-corrected chi connectivity index (χ1v) is 7.16. The molecule has 0 unspecified atom stereocenters. The SMILES string of the molecule is CC(=O)N[C@@H](CSc1cc(Cl)c([N+](=O)[O-])cc1C)C(=O)O. The van der Waals surface area contributed by atoms with Crippen molar-refractivity contribution in [3.63, 3.8) is 0 Å². The van der Waals surface area contributed by atoms with Crippen LogP contribution in [0, 0.1) is 17.0 Å². The van der Waals surface area contributed by atoms with Gasteiger partial charge in [-0.3, -0.25) is 14.9 Å². The number of thioether (sulfide) groups is 1. The molecule has 0 fully saturated rings. The molecule has 7 nitrogen and oxygen atoms in total. The number of amides is 1. The number of rotatable bonds is 6. The molecule has 1 aromatic carbocycles. The number of carboxylic acids is 1. The third kappa shape index (κ3) is 4.91. The summed E-state index contributed by atoms with van der Waals surface area (Å²) in [7, 11) is 0. The molecule has 0 spiro atoms. The van der Waals surface area contributed by atoms with Crippen molar-refractivity contribution < 1.29 is 19.6 Å². The number of hydrogen-bond acceptors (Lipinski definition) is 5. The molecule has 0 saturated carbocycles. The molecule has 9 heteroatoms. The lowest BCUT2D eigenvalue weighted by Crippen LogP contribution is -2.41. The summed E-state index contributed by atoms with van der Waals surface area (Å²) >= 11 is 6.97. The molecule has 1 rings (SSSR count). The van der Waals surface area contributed by atoms with Crippen molar-refractivity contribution >= 4 is 40.9 Å². The Morgan fingerprint density at radius 3 is 2.62 bits per heavy atom. The molecule has 0 aliphatic carbocycles. The minimum absolute atomic E-state index is 0.0143. The van der Waals surface area contributed by atoms with Crippen LogP contribution in [0.1, 0.15) is 12.5 Å². The zero-order valence-corrected chi connectivity index (χ0v) is 12.8. The highest BCUT2D eigenvalue weighted by Crippen LogP contribution is 2.33. The maximum Gasteiger partial charge on any atom is 0.327 e. The highest BCUT2D eigenvalue weighted by Gasteiger charge is 2.20. The summed E-state index contributed by atoms with van der Waals surface area (Å²) < 4.78 is 0. The zero-order valence-electron chi connectivity index (χ0n) is 11.3. The number of carbonyl (C=O) groups is 2. The third-order valence-corrected chi connectivity index (χ3v) is 4.08. The van der Waals surface area contributed by atoms with Crippen LogP contribution in [0.15, 0.2) is 17.0 Å². The molecule has 114 valence electrons. The van der Waals surface area contributed by atoms with E-state index in [0.29, 0.717) is 10.5 Å². The molecule has 0 heterocycles. The number of hydrogen-bond donors (Lipinski definition) is 2. The van der Waals surface area contributed by atoms with Crippen molar-refractivity contribution in [2.45, 2.75) is 24.8 Å². The summed E-state index contributed by atoms with van der Waals surface area (Å²) in [6.45, 7) is 2.90. The van der Waals surface area contributed by atoms with Gasteiger partial charge in [-0.25, -0.2) is 4.79 Å². The van der Waals surface area contributed by atoms with Crippen LogP contribution in [0.25, 0.3) is 0 Å². The molecule has 1 amide bonds. The maximum absolute atomic E-state index is 11.0. The van der Waals surface area contributed by atoms with E-state index >= 15 is 0 Å². The van der Waals surface area contributed by atoms with E-state index in [1.807, 2.05) is 0 Å². The van der Waals surface area contributed by atoms with E-state index < -0.39 is 22.8 Å². The van der Waals surface area contributed by atoms with Crippen LogP contribution in [0.5, 0.6) is 0 Å². The molecule has 0 aliphatic heterocycles. The van der Waals surface area contributed by atoms with Gasteiger partial charge in [-0.2, -0.15) is 0 Å². The predicted molar refractivity (Wildman–Crippen MR) is 78.8 cm³/mol. The molecular formula is C12H13ClN2O5S. The fraction of sp³-hybridized carbons (Fsp3) is 0.333. The van der Waals surface area contributed by atoms with Crippen LogP contribution in [0.4, 0.5) is 5.69 Å². The Balaban J connectivity index is 2.88. The molecule has 1 atom stereocenters. The van der Waals surface area contributed by atoms with Gasteiger partial charge in [0.25, 0.3) is 5.69 Å². The Morgan fingerprint density at radius 2 is 2.14 bits per heavy atom. The van der Waals surface area contributed by atoms with Gasteiger partial charge >= 0.3 is 5.97 Å². The lowest BCUT2D eigenvalue weighted by atomic mass is 10.2. The number of benzene rings is 1. The molecule has 0 aliphatic rings. The number of aliphatic carboxylic acids is 1. The van der Waals surface area contributed by atoms with Crippen LogP contribution < -0.4 is 5.32 Å². The molecule has 0 aromatic heterocycles. The highest BCUT2D eigenvalue weighted by molar-refractivity contribution is 7.99. The van der Waals surface area contributed by atoms with E-state index in [-0.39, 0.29) is 16.5 Å². The van der Waals surface area contributed by atoms with E-state index in [1.165, 1.54) is 19.1 Å². The van der Waals surface area contributed by atoms with E-state index in [1.54, 1.807) is 6.92 Å². The fourth-order valence-electron chi connectivity index (χ4n) is 1.54. The standard InChI is InChI=1S/C12H13ClN2O5S/c1-6-3-10(15(19)20)8(13)4-11(6)21-5-9(12(17)18)14-7(2)16/h3-4,9H,5H2,1-2H3,(H,14,16)(H,17,18)/t9-/m0/s1. The molecule has 2 N–H and O–H groups in total. The minimum atomic E-state index is -1.15. The quantitative estimate of drug-likeness (QED) is 0.469. The first-order chi connectivity index (χ1) is 9.72. The maximum atomic E-state index is 11.0. The number of carboxylic acid groups (broad SMARTS) is 1. The van der Waals surface area contributed by atoms with Crippen LogP contribution in [-0.4, -0.2) is 33.7 Å². The molecular weight excluding hydrogens is 320 g/mol. The number of aryl methyl sites for hydroxylation is 1. The van der Waals surface area contributed by atoms with Crippen LogP contribution in [0.2, 0.25) is 5.02 Å². The van der Waals surface area contributed by atoms with Crippen LogP contribution >= 0.6 is 23.4 Å².